The monoisotopic (exact) mass is 382 g/mol. The van der Waals surface area contributed by atoms with Crippen molar-refractivity contribution in [3.05, 3.63) is 87.1 Å². The fourth-order valence-corrected chi connectivity index (χ4v) is 2.98. The Balaban J connectivity index is 1.72. The van der Waals surface area contributed by atoms with Gasteiger partial charge in [0, 0.05) is 23.0 Å². The van der Waals surface area contributed by atoms with Gasteiger partial charge in [-0.1, -0.05) is 12.1 Å². The van der Waals surface area contributed by atoms with Gasteiger partial charge in [0.1, 0.15) is 11.3 Å². The number of rotatable bonds is 7. The predicted octanol–water partition coefficient (Wildman–Crippen LogP) is 3.69. The van der Waals surface area contributed by atoms with Crippen LogP contribution in [0.5, 0.6) is 0 Å². The van der Waals surface area contributed by atoms with Gasteiger partial charge in [-0.3, -0.25) is 14.9 Å². The second kappa shape index (κ2) is 7.91. The zero-order valence-corrected chi connectivity index (χ0v) is 15.4. The van der Waals surface area contributed by atoms with Gasteiger partial charge in [-0.15, -0.1) is 0 Å². The zero-order valence-electron chi connectivity index (χ0n) is 15.4. The van der Waals surface area contributed by atoms with Gasteiger partial charge in [-0.25, -0.2) is 4.79 Å². The highest BCUT2D eigenvalue weighted by Gasteiger charge is 2.23. The molecule has 0 aliphatic rings. The molecule has 0 aliphatic heterocycles. The van der Waals surface area contributed by atoms with Crippen molar-refractivity contribution >= 4 is 17.4 Å². The van der Waals surface area contributed by atoms with Crippen LogP contribution < -0.4 is 0 Å². The van der Waals surface area contributed by atoms with Crippen molar-refractivity contribution in [1.29, 1.82) is 0 Å². The minimum Gasteiger partial charge on any atom is -0.467 e. The zero-order chi connectivity index (χ0) is 20.3. The summed E-state index contributed by atoms with van der Waals surface area (Å²) in [6.45, 7) is 3.64. The quantitative estimate of drug-likeness (QED) is 0.267. The van der Waals surface area contributed by atoms with Crippen LogP contribution in [0, 0.1) is 24.0 Å². The van der Waals surface area contributed by atoms with E-state index in [1.807, 2.05) is 17.6 Å². The third-order valence-electron chi connectivity index (χ3n) is 4.42. The SMILES string of the molecule is Cc1cc(C(=O)COC(=O)c2ccccc2[N+](=O)[O-])c(C)n1Cc1ccco1. The molecule has 0 bridgehead atoms. The average Bonchev–Trinajstić information content (AvgIpc) is 3.29. The fraction of sp³-hybridized carbons (Fsp3) is 0.200. The Hall–Kier alpha value is -3.68. The smallest absolute Gasteiger partial charge is 0.345 e. The molecule has 0 spiro atoms. The number of nitro groups is 1. The lowest BCUT2D eigenvalue weighted by molar-refractivity contribution is -0.385. The molecule has 1 aromatic carbocycles. The highest BCUT2D eigenvalue weighted by Crippen LogP contribution is 2.20. The van der Waals surface area contributed by atoms with Gasteiger partial charge in [-0.2, -0.15) is 0 Å². The first-order valence-corrected chi connectivity index (χ1v) is 8.51. The van der Waals surface area contributed by atoms with Crippen LogP contribution in [-0.2, 0) is 11.3 Å². The van der Waals surface area contributed by atoms with Crippen LogP contribution in [0.4, 0.5) is 5.69 Å². The summed E-state index contributed by atoms with van der Waals surface area (Å²) < 4.78 is 12.3. The van der Waals surface area contributed by atoms with E-state index in [1.165, 1.54) is 24.3 Å². The van der Waals surface area contributed by atoms with Crippen molar-refractivity contribution in [2.75, 3.05) is 6.61 Å². The lowest BCUT2D eigenvalue weighted by Gasteiger charge is -2.08. The van der Waals surface area contributed by atoms with Crippen molar-refractivity contribution in [2.45, 2.75) is 20.4 Å². The third-order valence-corrected chi connectivity index (χ3v) is 4.42. The van der Waals surface area contributed by atoms with Gasteiger partial charge in [0.05, 0.1) is 17.7 Å². The Kier molecular flexibility index (Phi) is 5.39. The van der Waals surface area contributed by atoms with E-state index in [2.05, 4.69) is 0 Å². The number of nitrogens with zero attached hydrogens (tertiary/aromatic N) is 2. The topological polar surface area (TPSA) is 105 Å². The Bertz CT molecular complexity index is 1030. The maximum absolute atomic E-state index is 12.5. The normalized spacial score (nSPS) is 10.6. The van der Waals surface area contributed by atoms with Crippen LogP contribution >= 0.6 is 0 Å². The number of carbonyl (C=O) groups excluding carboxylic acids is 2. The molecule has 3 rings (SSSR count). The Morgan fingerprint density at radius 2 is 1.89 bits per heavy atom. The molecule has 0 amide bonds. The summed E-state index contributed by atoms with van der Waals surface area (Å²) in [6, 6.07) is 10.8. The molecule has 8 nitrogen and oxygen atoms in total. The molecule has 0 atom stereocenters. The summed E-state index contributed by atoms with van der Waals surface area (Å²) in [6.07, 6.45) is 1.58. The number of esters is 1. The number of hydrogen-bond donors (Lipinski definition) is 0. The molecule has 2 aromatic heterocycles. The van der Waals surface area contributed by atoms with E-state index in [0.717, 1.165) is 17.1 Å². The maximum Gasteiger partial charge on any atom is 0.345 e. The van der Waals surface area contributed by atoms with Crippen LogP contribution in [-0.4, -0.2) is 27.8 Å². The number of para-hydroxylation sites is 1. The molecule has 0 unspecified atom stereocenters. The molecule has 144 valence electrons. The number of hydrogen-bond acceptors (Lipinski definition) is 6. The Labute approximate surface area is 160 Å². The summed E-state index contributed by atoms with van der Waals surface area (Å²) in [5, 5.41) is 11.0. The lowest BCUT2D eigenvalue weighted by atomic mass is 10.1. The molecule has 0 fully saturated rings. The molecular formula is C20H18N2O6. The summed E-state index contributed by atoms with van der Waals surface area (Å²) in [4.78, 5) is 35.1. The van der Waals surface area contributed by atoms with Crippen molar-refractivity contribution in [1.82, 2.24) is 4.57 Å². The number of benzene rings is 1. The highest BCUT2D eigenvalue weighted by atomic mass is 16.6. The van der Waals surface area contributed by atoms with Gasteiger partial charge in [0.25, 0.3) is 5.69 Å². The van der Waals surface area contributed by atoms with Gasteiger partial charge < -0.3 is 13.7 Å². The summed E-state index contributed by atoms with van der Waals surface area (Å²) >= 11 is 0. The van der Waals surface area contributed by atoms with E-state index >= 15 is 0 Å². The van der Waals surface area contributed by atoms with Crippen molar-refractivity contribution in [3.63, 3.8) is 0 Å². The number of carbonyl (C=O) groups is 2. The van der Waals surface area contributed by atoms with Gasteiger partial charge in [0.2, 0.25) is 5.78 Å². The molecule has 8 heteroatoms. The van der Waals surface area contributed by atoms with Gasteiger partial charge in [0.15, 0.2) is 6.61 Å². The first kappa shape index (κ1) is 19.1. The maximum atomic E-state index is 12.5. The third kappa shape index (κ3) is 3.85. The second-order valence-electron chi connectivity index (χ2n) is 6.22. The molecule has 28 heavy (non-hydrogen) atoms. The Morgan fingerprint density at radius 1 is 1.14 bits per heavy atom. The average molecular weight is 382 g/mol. The van der Waals surface area contributed by atoms with E-state index in [9.17, 15) is 19.7 Å². The van der Waals surface area contributed by atoms with Gasteiger partial charge >= 0.3 is 5.97 Å². The van der Waals surface area contributed by atoms with E-state index in [4.69, 9.17) is 9.15 Å². The van der Waals surface area contributed by atoms with Crippen molar-refractivity contribution in [2.24, 2.45) is 0 Å². The standard InChI is InChI=1S/C20H18N2O6/c1-13-10-17(14(2)21(13)11-15-6-5-9-27-15)19(23)12-28-20(24)16-7-3-4-8-18(16)22(25)26/h3-10H,11-12H2,1-2H3. The molecule has 0 saturated heterocycles. The van der Waals surface area contributed by atoms with Crippen molar-refractivity contribution < 1.29 is 23.7 Å². The number of ketones is 1. The Morgan fingerprint density at radius 3 is 2.57 bits per heavy atom. The summed E-state index contributed by atoms with van der Waals surface area (Å²) in [5.41, 5.74) is 1.46. The molecule has 0 saturated carbocycles. The van der Waals surface area contributed by atoms with Crippen LogP contribution in [0.2, 0.25) is 0 Å². The first-order chi connectivity index (χ1) is 13.4. The number of Topliss-reactive ketones (excluding diaryl/α,β-unsaturated/α-hetero) is 1. The van der Waals surface area contributed by atoms with Gasteiger partial charge in [-0.05, 0) is 38.1 Å². The highest BCUT2D eigenvalue weighted by molar-refractivity contribution is 6.01. The lowest BCUT2D eigenvalue weighted by Crippen LogP contribution is -2.16. The molecule has 2 heterocycles. The summed E-state index contributed by atoms with van der Waals surface area (Å²) in [5.74, 6) is -0.542. The molecule has 0 N–H and O–H groups in total. The van der Waals surface area contributed by atoms with Crippen molar-refractivity contribution in [3.8, 4) is 0 Å². The number of nitro benzene ring substituents is 1. The van der Waals surface area contributed by atoms with Crippen LogP contribution in [0.3, 0.4) is 0 Å². The number of furan rings is 1. The van der Waals surface area contributed by atoms with E-state index < -0.39 is 17.5 Å². The molecule has 0 radical (unpaired) electrons. The predicted molar refractivity (Wildman–Crippen MR) is 99.4 cm³/mol. The molecule has 3 aromatic rings. The largest absolute Gasteiger partial charge is 0.467 e. The molecular weight excluding hydrogens is 364 g/mol. The van der Waals surface area contributed by atoms with E-state index in [-0.39, 0.29) is 17.0 Å². The summed E-state index contributed by atoms with van der Waals surface area (Å²) in [7, 11) is 0. The minimum absolute atomic E-state index is 0.191. The second-order valence-corrected chi connectivity index (χ2v) is 6.22. The number of ether oxygens (including phenoxy) is 1. The van der Waals surface area contributed by atoms with Crippen LogP contribution in [0.15, 0.2) is 53.1 Å². The number of aryl methyl sites for hydroxylation is 1. The fourth-order valence-electron chi connectivity index (χ4n) is 2.98. The molecule has 0 aliphatic carbocycles. The minimum atomic E-state index is -0.912. The van der Waals surface area contributed by atoms with Crippen LogP contribution in [0.25, 0.3) is 0 Å². The number of aromatic nitrogens is 1. The first-order valence-electron chi connectivity index (χ1n) is 8.51. The van der Waals surface area contributed by atoms with E-state index in [0.29, 0.717) is 12.1 Å². The van der Waals surface area contributed by atoms with Crippen LogP contribution in [0.1, 0.15) is 37.9 Å². The van der Waals surface area contributed by atoms with E-state index in [1.54, 1.807) is 25.3 Å².